The number of methoxy groups -OCH3 is 1. The molecule has 0 spiro atoms. The predicted molar refractivity (Wildman–Crippen MR) is 61.1 cm³/mol. The average molecular weight is 237 g/mol. The Bertz CT molecular complexity index is 398. The van der Waals surface area contributed by atoms with E-state index >= 15 is 0 Å². The summed E-state index contributed by atoms with van der Waals surface area (Å²) in [5.41, 5.74) is 0.751. The summed E-state index contributed by atoms with van der Waals surface area (Å²) in [6.45, 7) is 1.72. The van der Waals surface area contributed by atoms with E-state index in [1.807, 2.05) is 0 Å². The highest BCUT2D eigenvalue weighted by atomic mass is 16.5. The number of hydrogen-bond acceptors (Lipinski definition) is 4. The Hall–Kier alpha value is -2.11. The summed E-state index contributed by atoms with van der Waals surface area (Å²) >= 11 is 0. The van der Waals surface area contributed by atoms with Crippen LogP contribution < -0.4 is 5.32 Å². The van der Waals surface area contributed by atoms with Crippen LogP contribution >= 0.6 is 0 Å². The van der Waals surface area contributed by atoms with Crippen LogP contribution in [0, 0.1) is 0 Å². The minimum atomic E-state index is -0.718. The molecule has 1 atom stereocenters. The molecule has 2 N–H and O–H groups in total. The second-order valence-corrected chi connectivity index (χ2v) is 3.37. The molecule has 1 heterocycles. The molecule has 0 saturated heterocycles. The van der Waals surface area contributed by atoms with Gasteiger partial charge in [-0.2, -0.15) is 0 Å². The van der Waals surface area contributed by atoms with Crippen LogP contribution in [0.4, 0.5) is 0 Å². The van der Waals surface area contributed by atoms with E-state index in [0.717, 1.165) is 5.69 Å². The molecule has 0 fully saturated rings. The number of aromatic amines is 1. The molecule has 1 rings (SSSR count). The summed E-state index contributed by atoms with van der Waals surface area (Å²) < 4.78 is 4.63. The second-order valence-electron chi connectivity index (χ2n) is 3.37. The molecule has 6 nitrogen and oxygen atoms in total. The van der Waals surface area contributed by atoms with Gasteiger partial charge in [-0.25, -0.2) is 9.78 Å². The molecule has 0 aliphatic carbocycles. The largest absolute Gasteiger partial charge is 0.467 e. The number of nitrogens with zero attached hydrogens (tertiary/aromatic N) is 1. The Kier molecular flexibility index (Phi) is 4.93. The summed E-state index contributed by atoms with van der Waals surface area (Å²) in [4.78, 5) is 29.6. The van der Waals surface area contributed by atoms with Crippen molar-refractivity contribution in [3.05, 3.63) is 30.4 Å². The number of rotatable bonds is 5. The number of aromatic nitrogens is 2. The van der Waals surface area contributed by atoms with E-state index in [4.69, 9.17) is 0 Å². The first kappa shape index (κ1) is 13.0. The van der Waals surface area contributed by atoms with Crippen LogP contribution in [-0.4, -0.2) is 35.0 Å². The van der Waals surface area contributed by atoms with E-state index in [1.165, 1.54) is 19.5 Å². The van der Waals surface area contributed by atoms with Crippen LogP contribution in [-0.2, 0) is 20.7 Å². The molecular weight excluding hydrogens is 222 g/mol. The summed E-state index contributed by atoms with van der Waals surface area (Å²) in [7, 11) is 1.28. The van der Waals surface area contributed by atoms with Gasteiger partial charge in [-0.05, 0) is 13.0 Å². The van der Waals surface area contributed by atoms with Gasteiger partial charge in [0.05, 0.1) is 13.4 Å². The van der Waals surface area contributed by atoms with Crippen LogP contribution in [0.1, 0.15) is 12.6 Å². The van der Waals surface area contributed by atoms with Crippen LogP contribution in [0.5, 0.6) is 0 Å². The van der Waals surface area contributed by atoms with Gasteiger partial charge in [0.1, 0.15) is 6.04 Å². The fourth-order valence-corrected chi connectivity index (χ4v) is 1.32. The van der Waals surface area contributed by atoms with Gasteiger partial charge in [0.15, 0.2) is 0 Å². The van der Waals surface area contributed by atoms with E-state index in [-0.39, 0.29) is 5.91 Å². The maximum atomic E-state index is 11.5. The number of carbonyl (C=O) groups is 2. The molecule has 0 unspecified atom stereocenters. The molecular formula is C11H15N3O3. The number of H-pyrrole nitrogens is 1. The number of ether oxygens (including phenoxy) is 1. The summed E-state index contributed by atoms with van der Waals surface area (Å²) in [6.07, 6.45) is 6.37. The molecule has 0 aromatic carbocycles. The van der Waals surface area contributed by atoms with E-state index in [1.54, 1.807) is 19.2 Å². The lowest BCUT2D eigenvalue weighted by Gasteiger charge is -2.14. The van der Waals surface area contributed by atoms with E-state index in [9.17, 15) is 9.59 Å². The highest BCUT2D eigenvalue weighted by molar-refractivity contribution is 5.91. The van der Waals surface area contributed by atoms with Crippen molar-refractivity contribution in [1.29, 1.82) is 0 Å². The fourth-order valence-electron chi connectivity index (χ4n) is 1.32. The lowest BCUT2D eigenvalue weighted by atomic mass is 10.1. The summed E-state index contributed by atoms with van der Waals surface area (Å²) in [6, 6.07) is -0.718. The van der Waals surface area contributed by atoms with Gasteiger partial charge in [0.2, 0.25) is 5.91 Å². The zero-order valence-electron chi connectivity index (χ0n) is 9.77. The van der Waals surface area contributed by atoms with Crippen molar-refractivity contribution >= 4 is 11.9 Å². The number of nitrogens with one attached hydrogen (secondary N) is 2. The number of allylic oxidation sites excluding steroid dienone is 1. The van der Waals surface area contributed by atoms with E-state index in [0.29, 0.717) is 6.42 Å². The van der Waals surface area contributed by atoms with Crippen LogP contribution in [0.15, 0.2) is 24.7 Å². The molecule has 0 bridgehead atoms. The van der Waals surface area contributed by atoms with Gasteiger partial charge in [-0.3, -0.25) is 4.79 Å². The number of amides is 1. The van der Waals surface area contributed by atoms with Crippen molar-refractivity contribution in [2.75, 3.05) is 7.11 Å². The first-order valence-corrected chi connectivity index (χ1v) is 5.15. The maximum Gasteiger partial charge on any atom is 0.328 e. The summed E-state index contributed by atoms with van der Waals surface area (Å²) in [5, 5.41) is 2.56. The third-order valence-electron chi connectivity index (χ3n) is 2.10. The van der Waals surface area contributed by atoms with Gasteiger partial charge in [0, 0.05) is 18.3 Å². The van der Waals surface area contributed by atoms with Crippen LogP contribution in [0.3, 0.4) is 0 Å². The highest BCUT2D eigenvalue weighted by Gasteiger charge is 2.21. The fraction of sp³-hybridized carbons (Fsp3) is 0.364. The van der Waals surface area contributed by atoms with Crippen molar-refractivity contribution in [2.45, 2.75) is 19.4 Å². The monoisotopic (exact) mass is 237 g/mol. The average Bonchev–Trinajstić information content (AvgIpc) is 2.80. The Morgan fingerprint density at radius 1 is 1.65 bits per heavy atom. The topological polar surface area (TPSA) is 84.1 Å². The molecule has 0 radical (unpaired) electrons. The molecule has 1 amide bonds. The lowest BCUT2D eigenvalue weighted by molar-refractivity contribution is -0.144. The van der Waals surface area contributed by atoms with Crippen molar-refractivity contribution in [2.24, 2.45) is 0 Å². The Balaban J connectivity index is 2.67. The lowest BCUT2D eigenvalue weighted by Crippen LogP contribution is -2.42. The summed E-state index contributed by atoms with van der Waals surface area (Å²) in [5.74, 6) is -0.820. The number of carbonyl (C=O) groups excluding carboxylic acids is 2. The van der Waals surface area contributed by atoms with Crippen LogP contribution in [0.2, 0.25) is 0 Å². The van der Waals surface area contributed by atoms with Crippen molar-refractivity contribution in [1.82, 2.24) is 15.3 Å². The van der Waals surface area contributed by atoms with Gasteiger partial charge in [-0.1, -0.05) is 6.08 Å². The third-order valence-corrected chi connectivity index (χ3v) is 2.10. The van der Waals surface area contributed by atoms with Gasteiger partial charge >= 0.3 is 5.97 Å². The zero-order chi connectivity index (χ0) is 12.7. The van der Waals surface area contributed by atoms with Crippen molar-refractivity contribution in [3.63, 3.8) is 0 Å². The van der Waals surface area contributed by atoms with Crippen molar-refractivity contribution < 1.29 is 14.3 Å². The molecule has 1 aromatic heterocycles. The highest BCUT2D eigenvalue weighted by Crippen LogP contribution is 2.00. The van der Waals surface area contributed by atoms with E-state index < -0.39 is 12.0 Å². The minimum Gasteiger partial charge on any atom is -0.467 e. The standard InChI is InChI=1S/C11H15N3O3/c1-3-4-10(15)14-9(11(16)17-2)5-8-6-12-7-13-8/h3-4,6-7,9H,5H2,1-2H3,(H,12,13)(H,14,15)/t9-/m0/s1. The Labute approximate surface area is 99.1 Å². The smallest absolute Gasteiger partial charge is 0.328 e. The number of imidazole rings is 1. The first-order chi connectivity index (χ1) is 8.17. The molecule has 0 aliphatic rings. The van der Waals surface area contributed by atoms with Gasteiger partial charge in [-0.15, -0.1) is 0 Å². The maximum absolute atomic E-state index is 11.5. The second kappa shape index (κ2) is 6.47. The normalized spacial score (nSPS) is 12.4. The SMILES string of the molecule is CC=CC(=O)N[C@@H](Cc1cnc[nH]1)C(=O)OC. The number of esters is 1. The molecule has 0 saturated carbocycles. The quantitative estimate of drug-likeness (QED) is 0.565. The van der Waals surface area contributed by atoms with Crippen LogP contribution in [0.25, 0.3) is 0 Å². The first-order valence-electron chi connectivity index (χ1n) is 5.15. The predicted octanol–water partition coefficient (Wildman–Crippen LogP) is 0.186. The molecule has 17 heavy (non-hydrogen) atoms. The molecule has 1 aromatic rings. The molecule has 92 valence electrons. The third kappa shape index (κ3) is 4.10. The van der Waals surface area contributed by atoms with Crippen molar-refractivity contribution in [3.8, 4) is 0 Å². The van der Waals surface area contributed by atoms with Gasteiger partial charge < -0.3 is 15.0 Å². The molecule has 0 aliphatic heterocycles. The Morgan fingerprint density at radius 3 is 2.94 bits per heavy atom. The van der Waals surface area contributed by atoms with E-state index in [2.05, 4.69) is 20.0 Å². The zero-order valence-corrected chi connectivity index (χ0v) is 9.77. The van der Waals surface area contributed by atoms with Gasteiger partial charge in [0.25, 0.3) is 0 Å². The Morgan fingerprint density at radius 2 is 2.41 bits per heavy atom. The minimum absolute atomic E-state index is 0.315. The molecule has 6 heteroatoms. The number of hydrogen-bond donors (Lipinski definition) is 2.